The third-order valence-corrected chi connectivity index (χ3v) is 3.92. The van der Waals surface area contributed by atoms with Crippen LogP contribution in [0.25, 0.3) is 0 Å². The number of fused-ring (bicyclic) bond motifs is 1. The largest absolute Gasteiger partial charge is 0.480 e. The molecule has 1 aliphatic heterocycles. The van der Waals surface area contributed by atoms with Crippen LogP contribution in [0.3, 0.4) is 0 Å². The van der Waals surface area contributed by atoms with Gasteiger partial charge in [0.2, 0.25) is 0 Å². The Morgan fingerprint density at radius 3 is 2.95 bits per heavy atom. The zero-order valence-electron chi connectivity index (χ0n) is 10.7. The number of carbonyl (C=O) groups is 2. The van der Waals surface area contributed by atoms with Gasteiger partial charge in [-0.1, -0.05) is 40.7 Å². The fourth-order valence-corrected chi connectivity index (χ4v) is 2.77. The van der Waals surface area contributed by atoms with E-state index in [0.29, 0.717) is 0 Å². The minimum absolute atomic E-state index is 0.0625. The van der Waals surface area contributed by atoms with E-state index in [-0.39, 0.29) is 19.6 Å². The van der Waals surface area contributed by atoms with Crippen LogP contribution in [0.15, 0.2) is 35.3 Å². The Morgan fingerprint density at radius 1 is 1.55 bits per heavy atom. The summed E-state index contributed by atoms with van der Waals surface area (Å²) in [5, 5.41) is 9.31. The minimum Gasteiger partial charge on any atom is -0.480 e. The van der Waals surface area contributed by atoms with Crippen LogP contribution in [0.4, 0.5) is 4.79 Å². The molecule has 0 saturated carbocycles. The summed E-state index contributed by atoms with van der Waals surface area (Å²) < 4.78 is 5.81. The van der Waals surface area contributed by atoms with Crippen LogP contribution in [0.1, 0.15) is 11.1 Å². The molecule has 5 nitrogen and oxygen atoms in total. The molecule has 0 saturated heterocycles. The summed E-state index contributed by atoms with van der Waals surface area (Å²) in [6, 6.07) is 4.69. The number of carboxylic acid groups (broad SMARTS) is 1. The molecule has 1 N–H and O–H groups in total. The maximum Gasteiger partial charge on any atom is 0.411 e. The van der Waals surface area contributed by atoms with Crippen LogP contribution in [0.2, 0.25) is 0 Å². The molecule has 1 heterocycles. The smallest absolute Gasteiger partial charge is 0.411 e. The van der Waals surface area contributed by atoms with E-state index >= 15 is 0 Å². The third kappa shape index (κ3) is 2.85. The highest BCUT2D eigenvalue weighted by Crippen LogP contribution is 2.29. The van der Waals surface area contributed by atoms with Crippen LogP contribution >= 0.6 is 15.9 Å². The van der Waals surface area contributed by atoms with E-state index in [9.17, 15) is 14.7 Å². The summed E-state index contributed by atoms with van der Waals surface area (Å²) in [6.45, 7) is 3.75. The lowest BCUT2D eigenvalue weighted by atomic mass is 9.94. The van der Waals surface area contributed by atoms with Crippen molar-refractivity contribution in [2.24, 2.45) is 0 Å². The molecule has 2 rings (SSSR count). The first kappa shape index (κ1) is 14.6. The number of rotatable bonds is 3. The summed E-state index contributed by atoms with van der Waals surface area (Å²) >= 11 is 3.42. The number of halogens is 1. The van der Waals surface area contributed by atoms with E-state index in [4.69, 9.17) is 4.74 Å². The molecule has 20 heavy (non-hydrogen) atoms. The molecule has 0 bridgehead atoms. The average Bonchev–Trinajstić information content (AvgIpc) is 2.43. The number of nitrogens with zero attached hydrogens (tertiary/aromatic N) is 1. The molecular formula is C14H14BrNO4. The topological polar surface area (TPSA) is 66.8 Å². The molecule has 1 aromatic carbocycles. The molecule has 0 spiro atoms. The fourth-order valence-electron chi connectivity index (χ4n) is 2.20. The van der Waals surface area contributed by atoms with Crippen LogP contribution in [0, 0.1) is 0 Å². The molecule has 1 unspecified atom stereocenters. The molecule has 6 heteroatoms. The van der Waals surface area contributed by atoms with Gasteiger partial charge in [0.15, 0.2) is 0 Å². The second-order valence-corrected chi connectivity index (χ2v) is 5.28. The fraction of sp³-hybridized carbons (Fsp3) is 0.286. The minimum atomic E-state index is -1.04. The molecule has 1 atom stereocenters. The molecule has 0 fully saturated rings. The van der Waals surface area contributed by atoms with E-state index < -0.39 is 18.1 Å². The highest BCUT2D eigenvalue weighted by molar-refractivity contribution is 9.10. The highest BCUT2D eigenvalue weighted by atomic mass is 79.9. The van der Waals surface area contributed by atoms with Gasteiger partial charge < -0.3 is 9.84 Å². The standard InChI is InChI=1S/C14H14BrNO4/c1-2-6-20-14(19)16-8-9-4-3-5-11(15)10(9)7-12(16)13(17)18/h2-5,12H,1,6-8H2,(H,17,18). The van der Waals surface area contributed by atoms with Crippen molar-refractivity contribution in [3.63, 3.8) is 0 Å². The van der Waals surface area contributed by atoms with E-state index in [1.807, 2.05) is 18.2 Å². The van der Waals surface area contributed by atoms with E-state index in [1.54, 1.807) is 0 Å². The van der Waals surface area contributed by atoms with Gasteiger partial charge >= 0.3 is 12.1 Å². The molecule has 0 radical (unpaired) electrons. The lowest BCUT2D eigenvalue weighted by Gasteiger charge is -2.33. The number of hydrogen-bond donors (Lipinski definition) is 1. The van der Waals surface area contributed by atoms with Gasteiger partial charge in [0.25, 0.3) is 0 Å². The van der Waals surface area contributed by atoms with Crippen LogP contribution < -0.4 is 0 Å². The predicted molar refractivity (Wildman–Crippen MR) is 76.4 cm³/mol. The molecule has 1 aliphatic rings. The van der Waals surface area contributed by atoms with Gasteiger partial charge in [-0.2, -0.15) is 0 Å². The summed E-state index contributed by atoms with van der Waals surface area (Å²) in [4.78, 5) is 24.6. The van der Waals surface area contributed by atoms with Crippen molar-refractivity contribution in [2.45, 2.75) is 19.0 Å². The van der Waals surface area contributed by atoms with Gasteiger partial charge in [-0.15, -0.1) is 0 Å². The number of amides is 1. The van der Waals surface area contributed by atoms with Gasteiger partial charge in [-0.05, 0) is 17.2 Å². The van der Waals surface area contributed by atoms with Crippen molar-refractivity contribution < 1.29 is 19.4 Å². The third-order valence-electron chi connectivity index (χ3n) is 3.17. The van der Waals surface area contributed by atoms with Gasteiger partial charge in [0.1, 0.15) is 12.6 Å². The Hall–Kier alpha value is -1.82. The van der Waals surface area contributed by atoms with Crippen molar-refractivity contribution in [3.05, 3.63) is 46.5 Å². The van der Waals surface area contributed by atoms with Gasteiger partial charge in [-0.25, -0.2) is 9.59 Å². The lowest BCUT2D eigenvalue weighted by molar-refractivity contribution is -0.143. The van der Waals surface area contributed by atoms with Gasteiger partial charge in [-0.3, -0.25) is 4.90 Å². The maximum absolute atomic E-state index is 11.9. The number of carbonyl (C=O) groups excluding carboxylic acids is 1. The Kier molecular flexibility index (Phi) is 4.44. The highest BCUT2D eigenvalue weighted by Gasteiger charge is 2.36. The lowest BCUT2D eigenvalue weighted by Crippen LogP contribution is -2.49. The number of hydrogen-bond acceptors (Lipinski definition) is 3. The van der Waals surface area contributed by atoms with Crippen molar-refractivity contribution in [1.82, 2.24) is 4.90 Å². The second-order valence-electron chi connectivity index (χ2n) is 4.43. The number of ether oxygens (including phenoxy) is 1. The van der Waals surface area contributed by atoms with Crippen molar-refractivity contribution in [2.75, 3.05) is 6.61 Å². The number of carboxylic acids is 1. The summed E-state index contributed by atoms with van der Waals surface area (Å²) in [5.74, 6) is -1.04. The monoisotopic (exact) mass is 339 g/mol. The van der Waals surface area contributed by atoms with E-state index in [2.05, 4.69) is 22.5 Å². The van der Waals surface area contributed by atoms with Crippen molar-refractivity contribution >= 4 is 28.0 Å². The predicted octanol–water partition coefficient (Wildman–Crippen LogP) is 2.58. The van der Waals surface area contributed by atoms with Gasteiger partial charge in [0.05, 0.1) is 6.54 Å². The number of aliphatic carboxylic acids is 1. The Labute approximate surface area is 125 Å². The first-order valence-corrected chi connectivity index (χ1v) is 6.87. The Balaban J connectivity index is 2.30. The zero-order valence-corrected chi connectivity index (χ0v) is 12.3. The normalized spacial score (nSPS) is 17.2. The Bertz CT molecular complexity index is 558. The zero-order chi connectivity index (χ0) is 14.7. The summed E-state index contributed by atoms with van der Waals surface area (Å²) in [5.41, 5.74) is 1.85. The number of benzene rings is 1. The van der Waals surface area contributed by atoms with Crippen molar-refractivity contribution in [3.8, 4) is 0 Å². The molecular weight excluding hydrogens is 326 g/mol. The molecule has 0 aliphatic carbocycles. The first-order valence-electron chi connectivity index (χ1n) is 6.08. The molecule has 106 valence electrons. The van der Waals surface area contributed by atoms with Crippen LogP contribution in [0.5, 0.6) is 0 Å². The van der Waals surface area contributed by atoms with Gasteiger partial charge in [0, 0.05) is 10.9 Å². The first-order chi connectivity index (χ1) is 9.54. The second kappa shape index (κ2) is 6.09. The van der Waals surface area contributed by atoms with E-state index in [1.165, 1.54) is 11.0 Å². The van der Waals surface area contributed by atoms with Crippen LogP contribution in [-0.2, 0) is 22.5 Å². The van der Waals surface area contributed by atoms with Crippen molar-refractivity contribution in [1.29, 1.82) is 0 Å². The maximum atomic E-state index is 11.9. The SMILES string of the molecule is C=CCOC(=O)N1Cc2cccc(Br)c2CC1C(=O)O. The molecule has 0 aromatic heterocycles. The van der Waals surface area contributed by atoms with E-state index in [0.717, 1.165) is 15.6 Å². The molecule has 1 amide bonds. The molecule has 1 aromatic rings. The average molecular weight is 340 g/mol. The van der Waals surface area contributed by atoms with Crippen LogP contribution in [-0.4, -0.2) is 34.7 Å². The Morgan fingerprint density at radius 2 is 2.30 bits per heavy atom. The quantitative estimate of drug-likeness (QED) is 0.859. The summed E-state index contributed by atoms with van der Waals surface area (Å²) in [6.07, 6.45) is 1.07. The summed E-state index contributed by atoms with van der Waals surface area (Å²) in [7, 11) is 0.